The van der Waals surface area contributed by atoms with E-state index in [1.807, 2.05) is 7.05 Å². The summed E-state index contributed by atoms with van der Waals surface area (Å²) in [6, 6.07) is 2.07. The highest BCUT2D eigenvalue weighted by Gasteiger charge is 2.30. The number of anilines is 1. The Kier molecular flexibility index (Phi) is 4.61. The summed E-state index contributed by atoms with van der Waals surface area (Å²) in [5, 5.41) is 12.3. The summed E-state index contributed by atoms with van der Waals surface area (Å²) < 4.78 is 0. The molecule has 1 fully saturated rings. The van der Waals surface area contributed by atoms with Crippen molar-refractivity contribution in [1.29, 1.82) is 0 Å². The monoisotopic (exact) mass is 310 g/mol. The summed E-state index contributed by atoms with van der Waals surface area (Å²) in [4.78, 5) is 6.49. The first-order valence-corrected chi connectivity index (χ1v) is 7.59. The van der Waals surface area contributed by atoms with Gasteiger partial charge >= 0.3 is 0 Å². The van der Waals surface area contributed by atoms with Gasteiger partial charge in [0.2, 0.25) is 0 Å². The largest absolute Gasteiger partial charge is 0.409 e. The minimum absolute atomic E-state index is 0.00169. The Bertz CT molecular complexity index is 534. The van der Waals surface area contributed by atoms with Crippen LogP contribution in [-0.2, 0) is 0 Å². The van der Waals surface area contributed by atoms with Crippen LogP contribution in [0.1, 0.15) is 45.1 Å². The molecule has 116 valence electrons. The highest BCUT2D eigenvalue weighted by Crippen LogP contribution is 2.38. The second-order valence-electron chi connectivity index (χ2n) is 6.49. The topological polar surface area (TPSA) is 74.7 Å². The molecule has 1 aromatic rings. The Morgan fingerprint density at radius 1 is 1.48 bits per heavy atom. The standard InChI is InChI=1S/C15H23ClN4O/c1-15(2)7-4-10(5-8-15)20(3)14-12(16)11(6-9-18-14)13(17)19-21/h6,9-10,21H,4-5,7-8H2,1-3H3,(H2,17,19). The molecule has 1 aliphatic rings. The number of aromatic nitrogens is 1. The number of halogens is 1. The van der Waals surface area contributed by atoms with E-state index in [-0.39, 0.29) is 5.84 Å². The van der Waals surface area contributed by atoms with Crippen molar-refractivity contribution in [3.8, 4) is 0 Å². The molecule has 5 nitrogen and oxygen atoms in total. The van der Waals surface area contributed by atoms with E-state index in [1.54, 1.807) is 12.3 Å². The Hall–Kier alpha value is -1.49. The molecule has 0 atom stereocenters. The third kappa shape index (κ3) is 3.40. The number of amidine groups is 1. The maximum Gasteiger partial charge on any atom is 0.171 e. The van der Waals surface area contributed by atoms with E-state index in [9.17, 15) is 0 Å². The maximum atomic E-state index is 8.82. The molecule has 1 saturated carbocycles. The lowest BCUT2D eigenvalue weighted by Crippen LogP contribution is -2.38. The lowest BCUT2D eigenvalue weighted by molar-refractivity contribution is 0.222. The zero-order chi connectivity index (χ0) is 15.6. The molecule has 3 N–H and O–H groups in total. The van der Waals surface area contributed by atoms with Crippen molar-refractivity contribution in [3.63, 3.8) is 0 Å². The first kappa shape index (κ1) is 15.9. The number of oxime groups is 1. The van der Waals surface area contributed by atoms with Crippen LogP contribution >= 0.6 is 11.6 Å². The van der Waals surface area contributed by atoms with E-state index >= 15 is 0 Å². The van der Waals surface area contributed by atoms with Crippen LogP contribution in [-0.4, -0.2) is 29.1 Å². The number of hydrogen-bond acceptors (Lipinski definition) is 4. The van der Waals surface area contributed by atoms with Gasteiger partial charge in [-0.2, -0.15) is 0 Å². The molecular weight excluding hydrogens is 288 g/mol. The molecule has 0 unspecified atom stereocenters. The molecule has 1 heterocycles. The Morgan fingerprint density at radius 2 is 2.10 bits per heavy atom. The van der Waals surface area contributed by atoms with Crippen molar-refractivity contribution in [2.24, 2.45) is 16.3 Å². The molecule has 0 aromatic carbocycles. The molecule has 21 heavy (non-hydrogen) atoms. The highest BCUT2D eigenvalue weighted by atomic mass is 35.5. The fourth-order valence-electron chi connectivity index (χ4n) is 2.87. The van der Waals surface area contributed by atoms with E-state index in [4.69, 9.17) is 22.5 Å². The summed E-state index contributed by atoms with van der Waals surface area (Å²) in [6.07, 6.45) is 6.27. The SMILES string of the molecule is CN(c1nccc(/C(N)=N/O)c1Cl)C1CCC(C)(C)CC1. The van der Waals surface area contributed by atoms with Gasteiger partial charge < -0.3 is 15.8 Å². The lowest BCUT2D eigenvalue weighted by Gasteiger charge is -2.39. The average molecular weight is 311 g/mol. The Labute approximate surface area is 130 Å². The molecule has 2 rings (SSSR count). The van der Waals surface area contributed by atoms with Gasteiger partial charge in [0.25, 0.3) is 0 Å². The smallest absolute Gasteiger partial charge is 0.171 e. The predicted molar refractivity (Wildman–Crippen MR) is 86.2 cm³/mol. The van der Waals surface area contributed by atoms with E-state index in [0.29, 0.717) is 27.9 Å². The van der Waals surface area contributed by atoms with Gasteiger partial charge in [-0.3, -0.25) is 0 Å². The van der Waals surface area contributed by atoms with Crippen LogP contribution in [0.4, 0.5) is 5.82 Å². The first-order chi connectivity index (χ1) is 9.85. The van der Waals surface area contributed by atoms with Gasteiger partial charge in [-0.15, -0.1) is 0 Å². The van der Waals surface area contributed by atoms with Crippen LogP contribution in [0.15, 0.2) is 17.4 Å². The van der Waals surface area contributed by atoms with Crippen molar-refractivity contribution >= 4 is 23.3 Å². The van der Waals surface area contributed by atoms with Crippen LogP contribution in [0.3, 0.4) is 0 Å². The van der Waals surface area contributed by atoms with Gasteiger partial charge in [0.15, 0.2) is 5.84 Å². The number of pyridine rings is 1. The van der Waals surface area contributed by atoms with Gasteiger partial charge in [-0.1, -0.05) is 30.6 Å². The Morgan fingerprint density at radius 3 is 2.67 bits per heavy atom. The van der Waals surface area contributed by atoms with Crippen molar-refractivity contribution in [1.82, 2.24) is 4.98 Å². The van der Waals surface area contributed by atoms with Gasteiger partial charge in [0.05, 0.1) is 5.02 Å². The molecule has 0 radical (unpaired) electrons. The highest BCUT2D eigenvalue weighted by molar-refractivity contribution is 6.36. The second kappa shape index (κ2) is 6.10. The zero-order valence-electron chi connectivity index (χ0n) is 12.8. The minimum Gasteiger partial charge on any atom is -0.409 e. The van der Waals surface area contributed by atoms with Crippen LogP contribution < -0.4 is 10.6 Å². The average Bonchev–Trinajstić information content (AvgIpc) is 2.46. The molecule has 0 aliphatic heterocycles. The summed E-state index contributed by atoms with van der Waals surface area (Å²) in [6.45, 7) is 4.63. The summed E-state index contributed by atoms with van der Waals surface area (Å²) >= 11 is 6.38. The second-order valence-corrected chi connectivity index (χ2v) is 6.87. The summed E-state index contributed by atoms with van der Waals surface area (Å²) in [7, 11) is 2.01. The number of hydrogen-bond donors (Lipinski definition) is 2. The van der Waals surface area contributed by atoms with Gasteiger partial charge in [-0.25, -0.2) is 4.98 Å². The van der Waals surface area contributed by atoms with Crippen molar-refractivity contribution in [2.75, 3.05) is 11.9 Å². The van der Waals surface area contributed by atoms with E-state index in [1.165, 1.54) is 12.8 Å². The predicted octanol–water partition coefficient (Wildman–Crippen LogP) is 3.23. The molecule has 0 spiro atoms. The molecule has 6 heteroatoms. The van der Waals surface area contributed by atoms with Crippen LogP contribution in [0.25, 0.3) is 0 Å². The van der Waals surface area contributed by atoms with Gasteiger partial charge in [0, 0.05) is 24.8 Å². The molecule has 0 saturated heterocycles. The number of nitrogens with zero attached hydrogens (tertiary/aromatic N) is 3. The van der Waals surface area contributed by atoms with E-state index in [2.05, 4.69) is 28.9 Å². The normalized spacial score (nSPS) is 19.5. The maximum absolute atomic E-state index is 8.82. The number of nitrogens with two attached hydrogens (primary N) is 1. The van der Waals surface area contributed by atoms with Crippen LogP contribution in [0, 0.1) is 5.41 Å². The van der Waals surface area contributed by atoms with Crippen molar-refractivity contribution in [3.05, 3.63) is 22.8 Å². The first-order valence-electron chi connectivity index (χ1n) is 7.21. The quantitative estimate of drug-likeness (QED) is 0.389. The fourth-order valence-corrected chi connectivity index (χ4v) is 3.22. The zero-order valence-corrected chi connectivity index (χ0v) is 13.6. The minimum atomic E-state index is 0.00169. The number of rotatable bonds is 3. The third-order valence-electron chi connectivity index (χ3n) is 4.44. The van der Waals surface area contributed by atoms with Gasteiger partial charge in [0.1, 0.15) is 5.82 Å². The van der Waals surface area contributed by atoms with Crippen molar-refractivity contribution < 1.29 is 5.21 Å². The fraction of sp³-hybridized carbons (Fsp3) is 0.600. The molecule has 1 aliphatic carbocycles. The van der Waals surface area contributed by atoms with Crippen molar-refractivity contribution in [2.45, 2.75) is 45.6 Å². The molecule has 1 aromatic heterocycles. The van der Waals surface area contributed by atoms with Crippen LogP contribution in [0.5, 0.6) is 0 Å². The van der Waals surface area contributed by atoms with Crippen LogP contribution in [0.2, 0.25) is 5.02 Å². The van der Waals surface area contributed by atoms with E-state index in [0.717, 1.165) is 12.8 Å². The van der Waals surface area contributed by atoms with E-state index < -0.39 is 0 Å². The summed E-state index contributed by atoms with van der Waals surface area (Å²) in [5.74, 6) is 0.687. The molecule has 0 bridgehead atoms. The summed E-state index contributed by atoms with van der Waals surface area (Å²) in [5.41, 5.74) is 6.58. The lowest BCUT2D eigenvalue weighted by atomic mass is 9.75. The molecule has 0 amide bonds. The molecular formula is C15H23ClN4O. The van der Waals surface area contributed by atoms with Gasteiger partial charge in [-0.05, 0) is 37.2 Å². The Balaban J connectivity index is 2.22. The third-order valence-corrected chi connectivity index (χ3v) is 4.82.